The van der Waals surface area contributed by atoms with Crippen LogP contribution in [-0.2, 0) is 5.41 Å². The van der Waals surface area contributed by atoms with Gasteiger partial charge in [0.05, 0.1) is 5.69 Å². The lowest BCUT2D eigenvalue weighted by Crippen LogP contribution is -2.14. The van der Waals surface area contributed by atoms with E-state index in [4.69, 9.17) is 0 Å². The van der Waals surface area contributed by atoms with Gasteiger partial charge in [-0.2, -0.15) is 0 Å². The van der Waals surface area contributed by atoms with Gasteiger partial charge in [-0.15, -0.1) is 0 Å². The molecule has 0 bridgehead atoms. The molecule has 0 atom stereocenters. The molecule has 1 heteroatoms. The minimum absolute atomic E-state index is 0.0836. The zero-order valence-electron chi connectivity index (χ0n) is 32.7. The number of benzene rings is 10. The molecule has 10 aromatic rings. The van der Waals surface area contributed by atoms with Crippen LogP contribution in [0.3, 0.4) is 0 Å². The first-order valence-electron chi connectivity index (χ1n) is 20.3. The second-order valence-corrected chi connectivity index (χ2v) is 16.1. The van der Waals surface area contributed by atoms with E-state index in [1.807, 2.05) is 0 Å². The molecule has 274 valence electrons. The number of hydrogen-bond donors (Lipinski definition) is 0. The molecular formula is C57H41N. The van der Waals surface area contributed by atoms with Gasteiger partial charge in [-0.25, -0.2) is 0 Å². The van der Waals surface area contributed by atoms with E-state index in [-0.39, 0.29) is 5.41 Å². The quantitative estimate of drug-likeness (QED) is 0.154. The molecule has 0 spiro atoms. The summed E-state index contributed by atoms with van der Waals surface area (Å²) in [6, 6.07) is 78.2. The molecule has 0 amide bonds. The van der Waals surface area contributed by atoms with Crippen molar-refractivity contribution in [2.24, 2.45) is 0 Å². The maximum Gasteiger partial charge on any atom is 0.0540 e. The molecule has 1 aliphatic rings. The highest BCUT2D eigenvalue weighted by atomic mass is 15.1. The number of nitrogens with zero attached hydrogens (tertiary/aromatic N) is 1. The summed E-state index contributed by atoms with van der Waals surface area (Å²) >= 11 is 0. The van der Waals surface area contributed by atoms with Gasteiger partial charge in [-0.3, -0.25) is 0 Å². The summed E-state index contributed by atoms with van der Waals surface area (Å²) in [4.78, 5) is 2.43. The molecule has 0 heterocycles. The van der Waals surface area contributed by atoms with Crippen molar-refractivity contribution >= 4 is 49.4 Å². The Balaban J connectivity index is 1.06. The van der Waals surface area contributed by atoms with E-state index in [9.17, 15) is 0 Å². The summed E-state index contributed by atoms with van der Waals surface area (Å²) in [6.07, 6.45) is 0. The second-order valence-electron chi connectivity index (χ2n) is 16.1. The van der Waals surface area contributed by atoms with E-state index in [2.05, 4.69) is 231 Å². The van der Waals surface area contributed by atoms with Gasteiger partial charge in [-0.1, -0.05) is 190 Å². The Morgan fingerprint density at radius 1 is 0.328 bits per heavy atom. The summed E-state index contributed by atoms with van der Waals surface area (Å²) in [5.74, 6) is 0. The predicted molar refractivity (Wildman–Crippen MR) is 248 cm³/mol. The number of fused-ring (bicyclic) bond motifs is 7. The number of hydrogen-bond acceptors (Lipinski definition) is 1. The molecule has 0 radical (unpaired) electrons. The Kier molecular flexibility index (Phi) is 7.91. The predicted octanol–water partition coefficient (Wildman–Crippen LogP) is 15.9. The van der Waals surface area contributed by atoms with Crippen LogP contribution >= 0.6 is 0 Å². The van der Waals surface area contributed by atoms with Gasteiger partial charge in [0.2, 0.25) is 0 Å². The Morgan fingerprint density at radius 2 is 0.845 bits per heavy atom. The van der Waals surface area contributed by atoms with Crippen molar-refractivity contribution in [2.75, 3.05) is 4.90 Å². The van der Waals surface area contributed by atoms with Gasteiger partial charge in [0, 0.05) is 22.4 Å². The van der Waals surface area contributed by atoms with Crippen LogP contribution in [-0.4, -0.2) is 0 Å². The maximum absolute atomic E-state index is 2.43. The van der Waals surface area contributed by atoms with Crippen LogP contribution < -0.4 is 4.90 Å². The molecule has 10 aromatic carbocycles. The average molecular weight is 740 g/mol. The highest BCUT2D eigenvalue weighted by Gasteiger charge is 2.37. The van der Waals surface area contributed by atoms with Gasteiger partial charge in [0.15, 0.2) is 0 Å². The molecule has 1 aliphatic carbocycles. The lowest BCUT2D eigenvalue weighted by Gasteiger charge is -2.29. The highest BCUT2D eigenvalue weighted by Crippen LogP contribution is 2.53. The monoisotopic (exact) mass is 739 g/mol. The molecule has 0 N–H and O–H groups in total. The number of para-hydroxylation sites is 1. The van der Waals surface area contributed by atoms with Crippen LogP contribution in [0.25, 0.3) is 76.8 Å². The van der Waals surface area contributed by atoms with Crippen LogP contribution in [0.5, 0.6) is 0 Å². The molecular weight excluding hydrogens is 699 g/mol. The van der Waals surface area contributed by atoms with Crippen LogP contribution in [0, 0.1) is 0 Å². The molecule has 0 saturated carbocycles. The molecule has 58 heavy (non-hydrogen) atoms. The lowest BCUT2D eigenvalue weighted by molar-refractivity contribution is 0.660. The third kappa shape index (κ3) is 5.46. The summed E-state index contributed by atoms with van der Waals surface area (Å²) < 4.78 is 0. The van der Waals surface area contributed by atoms with E-state index in [1.54, 1.807) is 0 Å². The molecule has 0 fully saturated rings. The summed E-state index contributed by atoms with van der Waals surface area (Å²) in [5.41, 5.74) is 16.0. The largest absolute Gasteiger partial charge is 0.310 e. The van der Waals surface area contributed by atoms with Crippen molar-refractivity contribution in [3.05, 3.63) is 223 Å². The number of rotatable bonds is 6. The fraction of sp³-hybridized carbons (Fsp3) is 0.0526. The molecule has 0 unspecified atom stereocenters. The third-order valence-electron chi connectivity index (χ3n) is 12.5. The van der Waals surface area contributed by atoms with Gasteiger partial charge < -0.3 is 4.90 Å². The van der Waals surface area contributed by atoms with Gasteiger partial charge in [-0.05, 0) is 119 Å². The minimum Gasteiger partial charge on any atom is -0.310 e. The third-order valence-corrected chi connectivity index (χ3v) is 12.5. The molecule has 0 aromatic heterocycles. The first kappa shape index (κ1) is 34.1. The first-order chi connectivity index (χ1) is 28.5. The Hall–Kier alpha value is -7.22. The average Bonchev–Trinajstić information content (AvgIpc) is 3.52. The SMILES string of the molecule is CC1(C)c2ccccc2-c2c(-c3ccccc3N(c3ccc(-c4ccc5c(ccc6ccccc65)c4)cc3)c3ccc(-c4cccc5ccccc45)cc3)cccc21. The van der Waals surface area contributed by atoms with E-state index in [1.165, 1.54) is 88.0 Å². The Labute approximate surface area is 340 Å². The van der Waals surface area contributed by atoms with Crippen molar-refractivity contribution in [3.63, 3.8) is 0 Å². The number of anilines is 3. The van der Waals surface area contributed by atoms with Gasteiger partial charge in [0.1, 0.15) is 0 Å². The highest BCUT2D eigenvalue weighted by molar-refractivity contribution is 6.08. The standard InChI is InChI=1S/C57H41N/c1-57(2)53-22-9-7-19-52(53)56-51(21-12-23-54(56)57)50-18-8-10-24-55(50)58(45-34-29-41(30-35-45)48-20-11-15-39-13-3-5-16-46(39)48)44-32-27-38(28-33-44)42-31-36-49-43(37-42)26-25-40-14-4-6-17-47(40)49/h3-37H,1-2H3. The van der Waals surface area contributed by atoms with Crippen molar-refractivity contribution in [1.29, 1.82) is 0 Å². The Morgan fingerprint density at radius 3 is 1.64 bits per heavy atom. The van der Waals surface area contributed by atoms with Crippen molar-refractivity contribution in [3.8, 4) is 44.5 Å². The zero-order chi connectivity index (χ0) is 38.8. The normalized spacial score (nSPS) is 12.8. The molecule has 1 nitrogen and oxygen atoms in total. The minimum atomic E-state index is -0.0836. The smallest absolute Gasteiger partial charge is 0.0540 e. The molecule has 11 rings (SSSR count). The lowest BCUT2D eigenvalue weighted by atomic mass is 9.82. The van der Waals surface area contributed by atoms with Crippen molar-refractivity contribution in [1.82, 2.24) is 0 Å². The summed E-state index contributed by atoms with van der Waals surface area (Å²) in [7, 11) is 0. The van der Waals surface area contributed by atoms with Crippen LogP contribution in [0.15, 0.2) is 212 Å². The fourth-order valence-electron chi connectivity index (χ4n) is 9.57. The van der Waals surface area contributed by atoms with E-state index in [0.29, 0.717) is 0 Å². The zero-order valence-corrected chi connectivity index (χ0v) is 32.7. The molecule has 0 aliphatic heterocycles. The van der Waals surface area contributed by atoms with Crippen LogP contribution in [0.4, 0.5) is 17.1 Å². The second kappa shape index (κ2) is 13.5. The van der Waals surface area contributed by atoms with Crippen LogP contribution in [0.2, 0.25) is 0 Å². The van der Waals surface area contributed by atoms with Gasteiger partial charge in [0.25, 0.3) is 0 Å². The van der Waals surface area contributed by atoms with E-state index in [0.717, 1.165) is 17.1 Å². The van der Waals surface area contributed by atoms with E-state index >= 15 is 0 Å². The topological polar surface area (TPSA) is 3.24 Å². The van der Waals surface area contributed by atoms with E-state index < -0.39 is 0 Å². The van der Waals surface area contributed by atoms with Crippen molar-refractivity contribution < 1.29 is 0 Å². The van der Waals surface area contributed by atoms with Crippen molar-refractivity contribution in [2.45, 2.75) is 19.3 Å². The summed E-state index contributed by atoms with van der Waals surface area (Å²) in [6.45, 7) is 4.72. The maximum atomic E-state index is 2.43. The summed E-state index contributed by atoms with van der Waals surface area (Å²) in [5, 5.41) is 7.61. The van der Waals surface area contributed by atoms with Gasteiger partial charge >= 0.3 is 0 Å². The fourth-order valence-corrected chi connectivity index (χ4v) is 9.57. The molecule has 0 saturated heterocycles. The Bertz CT molecular complexity index is 3180. The first-order valence-corrected chi connectivity index (χ1v) is 20.3. The van der Waals surface area contributed by atoms with Crippen LogP contribution in [0.1, 0.15) is 25.0 Å².